The lowest BCUT2D eigenvalue weighted by Crippen LogP contribution is -2.32. The summed E-state index contributed by atoms with van der Waals surface area (Å²) in [5.74, 6) is -0.871. The predicted octanol–water partition coefficient (Wildman–Crippen LogP) is 2.79. The number of nitriles is 1. The number of rotatable bonds is 6. The van der Waals surface area contributed by atoms with E-state index in [9.17, 15) is 23.2 Å². The SMILES string of the molecule is CCOc1nc(N)nc(N[C@@H](C)C(=O)Nc2cccc(C(F)(F)F)c2)c1C#N. The van der Waals surface area contributed by atoms with E-state index in [0.717, 1.165) is 12.1 Å². The van der Waals surface area contributed by atoms with E-state index in [-0.39, 0.29) is 35.5 Å². The van der Waals surface area contributed by atoms with Gasteiger partial charge in [-0.05, 0) is 32.0 Å². The first-order valence-corrected chi connectivity index (χ1v) is 8.10. The summed E-state index contributed by atoms with van der Waals surface area (Å²) in [5.41, 5.74) is 4.63. The van der Waals surface area contributed by atoms with Crippen molar-refractivity contribution >= 4 is 23.4 Å². The fourth-order valence-corrected chi connectivity index (χ4v) is 2.20. The third-order valence-corrected chi connectivity index (χ3v) is 3.49. The highest BCUT2D eigenvalue weighted by Crippen LogP contribution is 2.30. The van der Waals surface area contributed by atoms with Gasteiger partial charge in [-0.2, -0.15) is 28.4 Å². The first-order valence-electron chi connectivity index (χ1n) is 8.10. The van der Waals surface area contributed by atoms with Gasteiger partial charge in [-0.1, -0.05) is 6.07 Å². The lowest BCUT2D eigenvalue weighted by Gasteiger charge is -2.17. The molecule has 0 unspecified atom stereocenters. The molecule has 1 heterocycles. The van der Waals surface area contributed by atoms with E-state index in [1.165, 1.54) is 19.1 Å². The standard InChI is InChI=1S/C17H17F3N6O2/c1-3-28-15-12(8-21)13(25-16(22)26-15)23-9(2)14(27)24-11-6-4-5-10(7-11)17(18,19)20/h4-7,9H,3H2,1-2H3,(H,24,27)(H3,22,23,25,26)/t9-/m0/s1. The number of nitrogens with one attached hydrogen (secondary N) is 2. The molecule has 0 saturated heterocycles. The monoisotopic (exact) mass is 394 g/mol. The molecule has 1 aromatic carbocycles. The third kappa shape index (κ3) is 5.00. The van der Waals surface area contributed by atoms with Gasteiger partial charge in [0.25, 0.3) is 0 Å². The Kier molecular flexibility index (Phi) is 6.25. The van der Waals surface area contributed by atoms with Gasteiger partial charge < -0.3 is 21.1 Å². The molecule has 0 spiro atoms. The van der Waals surface area contributed by atoms with Gasteiger partial charge in [-0.25, -0.2) is 0 Å². The van der Waals surface area contributed by atoms with Crippen LogP contribution in [0.2, 0.25) is 0 Å². The molecule has 148 valence electrons. The van der Waals surface area contributed by atoms with E-state index in [1.807, 2.05) is 6.07 Å². The lowest BCUT2D eigenvalue weighted by atomic mass is 10.2. The second-order valence-corrected chi connectivity index (χ2v) is 5.59. The minimum Gasteiger partial charge on any atom is -0.477 e. The zero-order chi connectivity index (χ0) is 20.9. The van der Waals surface area contributed by atoms with Crippen LogP contribution >= 0.6 is 0 Å². The summed E-state index contributed by atoms with van der Waals surface area (Å²) < 4.78 is 43.6. The molecule has 0 fully saturated rings. The number of aromatic nitrogens is 2. The summed E-state index contributed by atoms with van der Waals surface area (Å²) >= 11 is 0. The van der Waals surface area contributed by atoms with E-state index in [2.05, 4.69) is 20.6 Å². The fourth-order valence-electron chi connectivity index (χ4n) is 2.20. The first kappa shape index (κ1) is 20.8. The number of halogens is 3. The van der Waals surface area contributed by atoms with Crippen molar-refractivity contribution < 1.29 is 22.7 Å². The van der Waals surface area contributed by atoms with Crippen molar-refractivity contribution in [2.24, 2.45) is 0 Å². The number of nitrogens with zero attached hydrogens (tertiary/aromatic N) is 3. The number of hydrogen-bond donors (Lipinski definition) is 3. The van der Waals surface area contributed by atoms with Crippen LogP contribution in [-0.2, 0) is 11.0 Å². The molecule has 0 saturated carbocycles. The number of nitrogens with two attached hydrogens (primary N) is 1. The number of amides is 1. The van der Waals surface area contributed by atoms with E-state index < -0.39 is 23.7 Å². The van der Waals surface area contributed by atoms with Gasteiger partial charge in [-0.3, -0.25) is 4.79 Å². The highest BCUT2D eigenvalue weighted by Gasteiger charge is 2.30. The molecule has 8 nitrogen and oxygen atoms in total. The normalized spacial score (nSPS) is 12.0. The van der Waals surface area contributed by atoms with Crippen LogP contribution in [0.25, 0.3) is 0 Å². The Morgan fingerprint density at radius 1 is 1.39 bits per heavy atom. The molecule has 2 rings (SSSR count). The van der Waals surface area contributed by atoms with Crippen molar-refractivity contribution in [3.8, 4) is 11.9 Å². The molecule has 0 aliphatic rings. The van der Waals surface area contributed by atoms with Crippen molar-refractivity contribution in [3.05, 3.63) is 35.4 Å². The van der Waals surface area contributed by atoms with E-state index in [4.69, 9.17) is 10.5 Å². The largest absolute Gasteiger partial charge is 0.477 e. The van der Waals surface area contributed by atoms with Gasteiger partial charge in [0.05, 0.1) is 12.2 Å². The van der Waals surface area contributed by atoms with E-state index >= 15 is 0 Å². The molecule has 0 radical (unpaired) electrons. The van der Waals surface area contributed by atoms with Crippen LogP contribution in [0.15, 0.2) is 24.3 Å². The molecular formula is C17H17F3N6O2. The Hall–Kier alpha value is -3.55. The fraction of sp³-hybridized carbons (Fsp3) is 0.294. The van der Waals surface area contributed by atoms with E-state index in [0.29, 0.717) is 0 Å². The average molecular weight is 394 g/mol. The van der Waals surface area contributed by atoms with Gasteiger partial charge in [0, 0.05) is 5.69 Å². The Morgan fingerprint density at radius 2 is 2.11 bits per heavy atom. The summed E-state index contributed by atoms with van der Waals surface area (Å²) in [6.07, 6.45) is -4.53. The van der Waals surface area contributed by atoms with Crippen molar-refractivity contribution in [1.82, 2.24) is 9.97 Å². The van der Waals surface area contributed by atoms with Gasteiger partial charge >= 0.3 is 6.18 Å². The first-order chi connectivity index (χ1) is 13.2. The minimum absolute atomic E-state index is 0.0220. The number of benzene rings is 1. The number of carbonyl (C=O) groups excluding carboxylic acids is 1. The van der Waals surface area contributed by atoms with Crippen LogP contribution in [0.5, 0.6) is 5.88 Å². The van der Waals surface area contributed by atoms with E-state index in [1.54, 1.807) is 6.92 Å². The maximum Gasteiger partial charge on any atom is 0.416 e. The average Bonchev–Trinajstić information content (AvgIpc) is 2.61. The molecule has 0 aliphatic carbocycles. The zero-order valence-electron chi connectivity index (χ0n) is 15.0. The van der Waals surface area contributed by atoms with Gasteiger partial charge in [-0.15, -0.1) is 0 Å². The number of carbonyl (C=O) groups is 1. The topological polar surface area (TPSA) is 126 Å². The van der Waals surface area contributed by atoms with Crippen LogP contribution in [0, 0.1) is 11.3 Å². The van der Waals surface area contributed by atoms with Crippen LogP contribution in [0.1, 0.15) is 25.0 Å². The molecular weight excluding hydrogens is 377 g/mol. The number of nitrogen functional groups attached to an aromatic ring is 1. The second kappa shape index (κ2) is 8.43. The molecule has 2 aromatic rings. The van der Waals surface area contributed by atoms with Crippen LogP contribution in [-0.4, -0.2) is 28.5 Å². The van der Waals surface area contributed by atoms with Gasteiger partial charge in [0.15, 0.2) is 11.4 Å². The molecule has 0 bridgehead atoms. The van der Waals surface area contributed by atoms with Crippen molar-refractivity contribution in [3.63, 3.8) is 0 Å². The molecule has 11 heteroatoms. The van der Waals surface area contributed by atoms with Gasteiger partial charge in [0.2, 0.25) is 17.7 Å². The van der Waals surface area contributed by atoms with Crippen LogP contribution < -0.4 is 21.1 Å². The van der Waals surface area contributed by atoms with Crippen molar-refractivity contribution in [2.75, 3.05) is 23.0 Å². The highest BCUT2D eigenvalue weighted by molar-refractivity contribution is 5.96. The zero-order valence-corrected chi connectivity index (χ0v) is 15.0. The summed E-state index contributed by atoms with van der Waals surface area (Å²) in [7, 11) is 0. The minimum atomic E-state index is -4.53. The highest BCUT2D eigenvalue weighted by atomic mass is 19.4. The number of anilines is 3. The van der Waals surface area contributed by atoms with Crippen LogP contribution in [0.4, 0.5) is 30.6 Å². The third-order valence-electron chi connectivity index (χ3n) is 3.49. The van der Waals surface area contributed by atoms with Crippen molar-refractivity contribution in [1.29, 1.82) is 5.26 Å². The van der Waals surface area contributed by atoms with Crippen LogP contribution in [0.3, 0.4) is 0 Å². The Morgan fingerprint density at radius 3 is 2.71 bits per heavy atom. The predicted molar refractivity (Wildman–Crippen MR) is 95.5 cm³/mol. The van der Waals surface area contributed by atoms with Gasteiger partial charge in [0.1, 0.15) is 12.1 Å². The second-order valence-electron chi connectivity index (χ2n) is 5.59. The van der Waals surface area contributed by atoms with Crippen molar-refractivity contribution in [2.45, 2.75) is 26.1 Å². The molecule has 28 heavy (non-hydrogen) atoms. The summed E-state index contributed by atoms with van der Waals surface area (Å²) in [6, 6.07) is 5.15. The quantitative estimate of drug-likeness (QED) is 0.688. The lowest BCUT2D eigenvalue weighted by molar-refractivity contribution is -0.137. The molecule has 1 atom stereocenters. The number of ether oxygens (including phenoxy) is 1. The summed E-state index contributed by atoms with van der Waals surface area (Å²) in [5, 5.41) is 14.4. The molecule has 1 aromatic heterocycles. The molecule has 1 amide bonds. The molecule has 4 N–H and O–H groups in total. The Labute approximate surface area is 158 Å². The summed E-state index contributed by atoms with van der Waals surface area (Å²) in [6.45, 7) is 3.37. The summed E-state index contributed by atoms with van der Waals surface area (Å²) in [4.78, 5) is 20.0. The Balaban J connectivity index is 2.18. The smallest absolute Gasteiger partial charge is 0.416 e. The maximum atomic E-state index is 12.8. The maximum absolute atomic E-state index is 12.8. The number of alkyl halides is 3. The number of hydrogen-bond acceptors (Lipinski definition) is 7. The Bertz CT molecular complexity index is 911. The molecule has 0 aliphatic heterocycles.